The molecule has 0 radical (unpaired) electrons. The summed E-state index contributed by atoms with van der Waals surface area (Å²) < 4.78 is 45.9. The zero-order valence-electron chi connectivity index (χ0n) is 14.7. The first-order valence-corrected chi connectivity index (χ1v) is 8.25. The maximum Gasteiger partial charge on any atom is 0.438 e. The van der Waals surface area contributed by atoms with Crippen molar-refractivity contribution in [2.45, 2.75) is 24.4 Å². The summed E-state index contributed by atoms with van der Waals surface area (Å²) in [5.41, 5.74) is -3.39. The number of ether oxygens (including phenoxy) is 1. The molecule has 1 aliphatic rings. The maximum atomic E-state index is 13.6. The molecule has 2 aromatic carbocycles. The van der Waals surface area contributed by atoms with Gasteiger partial charge in [-0.1, -0.05) is 42.5 Å². The van der Waals surface area contributed by atoms with E-state index in [1.165, 1.54) is 43.5 Å². The summed E-state index contributed by atoms with van der Waals surface area (Å²) in [6.07, 6.45) is -8.08. The molecule has 0 aromatic heterocycles. The van der Waals surface area contributed by atoms with Crippen LogP contribution in [0.25, 0.3) is 0 Å². The number of aliphatic hydroxyl groups is 2. The normalized spacial score (nSPS) is 20.6. The molecule has 0 fully saturated rings. The van der Waals surface area contributed by atoms with Crippen LogP contribution in [-0.4, -0.2) is 45.9 Å². The van der Waals surface area contributed by atoms with Crippen molar-refractivity contribution in [3.63, 3.8) is 0 Å². The standard InChI is InChI=1S/C19H17F3N2O4/c1-28-14-9-5-8-13(10-14)15-11-18(27,19(20,21)22)24(23-15)17(26)16(25)12-6-3-2-4-7-12/h2-10,16,25,27H,11H2,1H3/t16-,18-/m1/s1. The fourth-order valence-corrected chi connectivity index (χ4v) is 2.86. The number of carbonyl (C=O) groups is 1. The van der Waals surface area contributed by atoms with E-state index in [4.69, 9.17) is 4.74 Å². The summed E-state index contributed by atoms with van der Waals surface area (Å²) in [4.78, 5) is 12.6. The van der Waals surface area contributed by atoms with Gasteiger partial charge in [-0.3, -0.25) is 4.79 Å². The van der Waals surface area contributed by atoms with Crippen molar-refractivity contribution < 1.29 is 32.9 Å². The van der Waals surface area contributed by atoms with Crippen LogP contribution >= 0.6 is 0 Å². The van der Waals surface area contributed by atoms with Crippen molar-refractivity contribution in [3.05, 3.63) is 65.7 Å². The molecule has 0 saturated carbocycles. The number of amides is 1. The summed E-state index contributed by atoms with van der Waals surface area (Å²) in [5, 5.41) is 24.2. The molecule has 0 bridgehead atoms. The van der Waals surface area contributed by atoms with E-state index in [-0.39, 0.29) is 21.8 Å². The Kier molecular flexibility index (Phi) is 5.14. The van der Waals surface area contributed by atoms with Crippen LogP contribution in [-0.2, 0) is 4.79 Å². The minimum Gasteiger partial charge on any atom is -0.497 e. The van der Waals surface area contributed by atoms with Gasteiger partial charge in [0.2, 0.25) is 0 Å². The molecule has 2 N–H and O–H groups in total. The summed E-state index contributed by atoms with van der Waals surface area (Å²) in [6.45, 7) is 0. The fraction of sp³-hybridized carbons (Fsp3) is 0.263. The molecule has 148 valence electrons. The summed E-state index contributed by atoms with van der Waals surface area (Å²) in [7, 11) is 1.40. The van der Waals surface area contributed by atoms with E-state index in [9.17, 15) is 28.2 Å². The van der Waals surface area contributed by atoms with Crippen LogP contribution < -0.4 is 4.74 Å². The molecule has 9 heteroatoms. The molecular formula is C19H17F3N2O4. The number of hydrazone groups is 1. The molecule has 1 aliphatic heterocycles. The topological polar surface area (TPSA) is 82.4 Å². The van der Waals surface area contributed by atoms with E-state index in [0.29, 0.717) is 5.75 Å². The second-order valence-electron chi connectivity index (χ2n) is 6.23. The van der Waals surface area contributed by atoms with E-state index < -0.39 is 30.3 Å². The lowest BCUT2D eigenvalue weighted by atomic mass is 10.00. The predicted molar refractivity (Wildman–Crippen MR) is 93.4 cm³/mol. The third kappa shape index (κ3) is 3.46. The van der Waals surface area contributed by atoms with Crippen LogP contribution in [0, 0.1) is 0 Å². The molecule has 0 aliphatic carbocycles. The highest BCUT2D eigenvalue weighted by atomic mass is 19.4. The smallest absolute Gasteiger partial charge is 0.438 e. The first-order chi connectivity index (χ1) is 13.2. The first-order valence-electron chi connectivity index (χ1n) is 8.25. The van der Waals surface area contributed by atoms with Gasteiger partial charge in [-0.25, -0.2) is 0 Å². The van der Waals surface area contributed by atoms with Crippen LogP contribution in [0.15, 0.2) is 59.7 Å². The number of halogens is 3. The van der Waals surface area contributed by atoms with Crippen molar-refractivity contribution in [3.8, 4) is 5.75 Å². The quantitative estimate of drug-likeness (QED) is 0.835. The molecule has 2 aromatic rings. The summed E-state index contributed by atoms with van der Waals surface area (Å²) >= 11 is 0. The van der Waals surface area contributed by atoms with Crippen molar-refractivity contribution >= 4 is 11.6 Å². The number of methoxy groups -OCH3 is 1. The maximum absolute atomic E-state index is 13.6. The SMILES string of the molecule is COc1cccc(C2=NN(C(=O)[C@H](O)c3ccccc3)[C@](O)(C(F)(F)F)C2)c1. The van der Waals surface area contributed by atoms with Gasteiger partial charge in [0.25, 0.3) is 11.6 Å². The first kappa shape index (κ1) is 19.8. The average molecular weight is 394 g/mol. The number of hydrogen-bond donors (Lipinski definition) is 2. The van der Waals surface area contributed by atoms with Gasteiger partial charge in [-0.2, -0.15) is 23.3 Å². The van der Waals surface area contributed by atoms with E-state index in [1.807, 2.05) is 0 Å². The molecule has 0 unspecified atom stereocenters. The van der Waals surface area contributed by atoms with Crippen LogP contribution in [0.2, 0.25) is 0 Å². The highest BCUT2D eigenvalue weighted by molar-refractivity contribution is 6.04. The second kappa shape index (κ2) is 7.25. The van der Waals surface area contributed by atoms with E-state index >= 15 is 0 Å². The molecule has 0 saturated heterocycles. The second-order valence-corrected chi connectivity index (χ2v) is 6.23. The monoisotopic (exact) mass is 394 g/mol. The number of hydrogen-bond acceptors (Lipinski definition) is 5. The van der Waals surface area contributed by atoms with E-state index in [1.54, 1.807) is 18.2 Å². The third-order valence-corrected chi connectivity index (χ3v) is 4.40. The van der Waals surface area contributed by atoms with E-state index in [2.05, 4.69) is 5.10 Å². The van der Waals surface area contributed by atoms with Gasteiger partial charge in [0.1, 0.15) is 5.75 Å². The molecule has 3 rings (SSSR count). The number of aliphatic hydroxyl groups excluding tert-OH is 1. The fourth-order valence-electron chi connectivity index (χ4n) is 2.86. The lowest BCUT2D eigenvalue weighted by molar-refractivity contribution is -0.303. The Morgan fingerprint density at radius 3 is 2.50 bits per heavy atom. The minimum atomic E-state index is -5.19. The number of nitrogens with zero attached hydrogens (tertiary/aromatic N) is 2. The van der Waals surface area contributed by atoms with E-state index in [0.717, 1.165) is 0 Å². The molecular weight excluding hydrogens is 377 g/mol. The predicted octanol–water partition coefficient (Wildman–Crippen LogP) is 2.62. The minimum absolute atomic E-state index is 0.0839. The highest BCUT2D eigenvalue weighted by Gasteiger charge is 2.63. The summed E-state index contributed by atoms with van der Waals surface area (Å²) in [5.74, 6) is -1.01. The van der Waals surface area contributed by atoms with Crippen LogP contribution in [0.1, 0.15) is 23.7 Å². The Labute approximate surface area is 158 Å². The molecule has 6 nitrogen and oxygen atoms in total. The van der Waals surface area contributed by atoms with Crippen molar-refractivity contribution in [2.75, 3.05) is 7.11 Å². The van der Waals surface area contributed by atoms with Gasteiger partial charge in [0.05, 0.1) is 19.2 Å². The zero-order chi connectivity index (χ0) is 20.5. The summed E-state index contributed by atoms with van der Waals surface area (Å²) in [6, 6.07) is 13.5. The Balaban J connectivity index is 2.01. The number of rotatable bonds is 4. The Bertz CT molecular complexity index is 902. The van der Waals surface area contributed by atoms with Crippen molar-refractivity contribution in [1.82, 2.24) is 5.01 Å². The molecule has 0 spiro atoms. The van der Waals surface area contributed by atoms with Gasteiger partial charge in [0, 0.05) is 5.56 Å². The van der Waals surface area contributed by atoms with Gasteiger partial charge in [0.15, 0.2) is 6.10 Å². The Morgan fingerprint density at radius 2 is 1.89 bits per heavy atom. The highest BCUT2D eigenvalue weighted by Crippen LogP contribution is 2.42. The number of carbonyl (C=O) groups excluding carboxylic acids is 1. The lowest BCUT2D eigenvalue weighted by Crippen LogP contribution is -2.57. The Morgan fingerprint density at radius 1 is 1.21 bits per heavy atom. The van der Waals surface area contributed by atoms with Crippen LogP contribution in [0.4, 0.5) is 13.2 Å². The average Bonchev–Trinajstić information content (AvgIpc) is 3.06. The van der Waals surface area contributed by atoms with Crippen LogP contribution in [0.3, 0.4) is 0 Å². The van der Waals surface area contributed by atoms with Gasteiger partial charge < -0.3 is 14.9 Å². The molecule has 1 amide bonds. The largest absolute Gasteiger partial charge is 0.497 e. The van der Waals surface area contributed by atoms with Crippen molar-refractivity contribution in [1.29, 1.82) is 0 Å². The van der Waals surface area contributed by atoms with Crippen molar-refractivity contribution in [2.24, 2.45) is 5.10 Å². The van der Waals surface area contributed by atoms with Gasteiger partial charge in [-0.05, 0) is 17.7 Å². The number of alkyl halides is 3. The van der Waals surface area contributed by atoms with Crippen LogP contribution in [0.5, 0.6) is 5.75 Å². The zero-order valence-corrected chi connectivity index (χ0v) is 14.7. The van der Waals surface area contributed by atoms with Gasteiger partial charge in [-0.15, -0.1) is 0 Å². The lowest BCUT2D eigenvalue weighted by Gasteiger charge is -2.33. The Hall–Kier alpha value is -2.91. The molecule has 28 heavy (non-hydrogen) atoms. The molecule has 1 heterocycles. The van der Waals surface area contributed by atoms with Gasteiger partial charge >= 0.3 is 6.18 Å². The number of benzene rings is 2. The molecule has 2 atom stereocenters. The third-order valence-electron chi connectivity index (χ3n) is 4.40.